The quantitative estimate of drug-likeness (QED) is 0.726. The molecule has 2 heterocycles. The molecule has 3 nitrogen and oxygen atoms in total. The molecule has 0 saturated carbocycles. The van der Waals surface area contributed by atoms with Gasteiger partial charge in [0.25, 0.3) is 0 Å². The average molecular weight is 207 g/mol. The van der Waals surface area contributed by atoms with Gasteiger partial charge in [-0.3, -0.25) is 4.79 Å². The van der Waals surface area contributed by atoms with Crippen LogP contribution in [0.25, 0.3) is 0 Å². The fourth-order valence-electron chi connectivity index (χ4n) is 1.28. The fraction of sp³-hybridized carbons (Fsp3) is 0.200. The van der Waals surface area contributed by atoms with E-state index in [1.54, 1.807) is 23.8 Å². The number of carbonyl (C=O) groups is 1. The third-order valence-electron chi connectivity index (χ3n) is 1.98. The molecule has 0 atom stereocenters. The van der Waals surface area contributed by atoms with E-state index in [2.05, 4.69) is 4.37 Å². The normalized spacial score (nSPS) is 10.4. The van der Waals surface area contributed by atoms with Gasteiger partial charge in [0, 0.05) is 11.8 Å². The molecule has 0 aliphatic heterocycles. The number of rotatable bonds is 3. The van der Waals surface area contributed by atoms with Gasteiger partial charge in [-0.2, -0.15) is 4.37 Å². The monoisotopic (exact) mass is 207 g/mol. The molecule has 72 valence electrons. The van der Waals surface area contributed by atoms with E-state index < -0.39 is 0 Å². The zero-order valence-electron chi connectivity index (χ0n) is 7.69. The van der Waals surface area contributed by atoms with Crippen LogP contribution in [0.1, 0.15) is 28.7 Å². The molecule has 0 spiro atoms. The number of carbonyl (C=O) groups excluding carboxylic acids is 1. The number of ketones is 1. The van der Waals surface area contributed by atoms with Crippen molar-refractivity contribution < 1.29 is 9.21 Å². The number of hydrogen-bond donors (Lipinski definition) is 0. The van der Waals surface area contributed by atoms with E-state index in [0.717, 1.165) is 12.2 Å². The summed E-state index contributed by atoms with van der Waals surface area (Å²) in [5, 5.41) is 1.79. The standard InChI is InChI=1S/C10H9NO2S/c1-2-9-7(3-5-13-9)10(12)8-4-6-14-11-8/h3-6H,2H2,1H3. The highest BCUT2D eigenvalue weighted by atomic mass is 32.1. The van der Waals surface area contributed by atoms with E-state index in [0.29, 0.717) is 11.3 Å². The first-order valence-corrected chi connectivity index (χ1v) is 5.18. The van der Waals surface area contributed by atoms with E-state index in [-0.39, 0.29) is 5.78 Å². The summed E-state index contributed by atoms with van der Waals surface area (Å²) < 4.78 is 9.19. The zero-order chi connectivity index (χ0) is 9.97. The Morgan fingerprint density at radius 3 is 3.07 bits per heavy atom. The molecule has 14 heavy (non-hydrogen) atoms. The Morgan fingerprint density at radius 2 is 2.43 bits per heavy atom. The Labute approximate surface area is 85.5 Å². The summed E-state index contributed by atoms with van der Waals surface area (Å²) in [6.07, 6.45) is 2.26. The maximum absolute atomic E-state index is 11.8. The van der Waals surface area contributed by atoms with Crippen molar-refractivity contribution in [2.45, 2.75) is 13.3 Å². The molecule has 0 aromatic carbocycles. The molecule has 0 aliphatic rings. The second-order valence-electron chi connectivity index (χ2n) is 2.82. The van der Waals surface area contributed by atoms with Crippen LogP contribution in [0.5, 0.6) is 0 Å². The summed E-state index contributed by atoms with van der Waals surface area (Å²) in [6.45, 7) is 1.96. The molecule has 0 bridgehead atoms. The predicted molar refractivity (Wildman–Crippen MR) is 53.6 cm³/mol. The van der Waals surface area contributed by atoms with Gasteiger partial charge >= 0.3 is 0 Å². The van der Waals surface area contributed by atoms with Crippen LogP contribution in [0.3, 0.4) is 0 Å². The number of nitrogens with zero attached hydrogens (tertiary/aromatic N) is 1. The van der Waals surface area contributed by atoms with Crippen LogP contribution in [0.15, 0.2) is 28.2 Å². The summed E-state index contributed by atoms with van der Waals surface area (Å²) >= 11 is 1.28. The lowest BCUT2D eigenvalue weighted by molar-refractivity contribution is 0.103. The van der Waals surface area contributed by atoms with Crippen LogP contribution in [0, 0.1) is 0 Å². The van der Waals surface area contributed by atoms with Crippen LogP contribution < -0.4 is 0 Å². The molecule has 0 N–H and O–H groups in total. The highest BCUT2D eigenvalue weighted by molar-refractivity contribution is 7.03. The second-order valence-corrected chi connectivity index (χ2v) is 3.49. The first-order valence-electron chi connectivity index (χ1n) is 4.34. The minimum absolute atomic E-state index is 0.0585. The molecule has 0 unspecified atom stereocenters. The van der Waals surface area contributed by atoms with Gasteiger partial charge in [0.05, 0.1) is 11.8 Å². The predicted octanol–water partition coefficient (Wildman–Crippen LogP) is 2.53. The lowest BCUT2D eigenvalue weighted by Gasteiger charge is -1.95. The highest BCUT2D eigenvalue weighted by Crippen LogP contribution is 2.16. The van der Waals surface area contributed by atoms with Gasteiger partial charge < -0.3 is 4.42 Å². The molecule has 2 aromatic rings. The first kappa shape index (κ1) is 9.15. The van der Waals surface area contributed by atoms with Crippen molar-refractivity contribution in [1.29, 1.82) is 0 Å². The summed E-state index contributed by atoms with van der Waals surface area (Å²) in [4.78, 5) is 11.8. The topological polar surface area (TPSA) is 43.1 Å². The van der Waals surface area contributed by atoms with Crippen molar-refractivity contribution in [2.75, 3.05) is 0 Å². The number of aromatic nitrogens is 1. The van der Waals surface area contributed by atoms with Gasteiger partial charge in [-0.05, 0) is 23.7 Å². The summed E-state index contributed by atoms with van der Waals surface area (Å²) in [6, 6.07) is 3.42. The lowest BCUT2D eigenvalue weighted by Crippen LogP contribution is -2.02. The smallest absolute Gasteiger partial charge is 0.215 e. The maximum atomic E-state index is 11.8. The molecule has 2 aromatic heterocycles. The highest BCUT2D eigenvalue weighted by Gasteiger charge is 2.16. The minimum Gasteiger partial charge on any atom is -0.469 e. The Balaban J connectivity index is 2.36. The Hall–Kier alpha value is -1.42. The van der Waals surface area contributed by atoms with E-state index in [9.17, 15) is 4.79 Å². The minimum atomic E-state index is -0.0585. The van der Waals surface area contributed by atoms with E-state index in [4.69, 9.17) is 4.42 Å². The molecule has 0 fully saturated rings. The Morgan fingerprint density at radius 1 is 1.57 bits per heavy atom. The third-order valence-corrected chi connectivity index (χ3v) is 2.54. The van der Waals surface area contributed by atoms with Crippen molar-refractivity contribution >= 4 is 17.3 Å². The van der Waals surface area contributed by atoms with Crippen LogP contribution >= 0.6 is 11.5 Å². The molecular formula is C10H9NO2S. The Bertz CT molecular complexity index is 431. The number of aryl methyl sites for hydroxylation is 1. The van der Waals surface area contributed by atoms with Gasteiger partial charge in [0.1, 0.15) is 11.5 Å². The average Bonchev–Trinajstić information content (AvgIpc) is 2.87. The zero-order valence-corrected chi connectivity index (χ0v) is 8.50. The van der Waals surface area contributed by atoms with E-state index in [1.165, 1.54) is 11.5 Å². The van der Waals surface area contributed by atoms with Crippen LogP contribution in [-0.2, 0) is 6.42 Å². The largest absolute Gasteiger partial charge is 0.469 e. The Kier molecular flexibility index (Phi) is 2.45. The van der Waals surface area contributed by atoms with Gasteiger partial charge in [-0.15, -0.1) is 0 Å². The SMILES string of the molecule is CCc1occc1C(=O)c1ccsn1. The van der Waals surface area contributed by atoms with Gasteiger partial charge in [-0.1, -0.05) is 6.92 Å². The van der Waals surface area contributed by atoms with Crippen LogP contribution in [0.4, 0.5) is 0 Å². The molecule has 0 saturated heterocycles. The molecule has 0 amide bonds. The molecule has 4 heteroatoms. The van der Waals surface area contributed by atoms with Crippen molar-refractivity contribution in [1.82, 2.24) is 4.37 Å². The van der Waals surface area contributed by atoms with Crippen LogP contribution in [-0.4, -0.2) is 10.2 Å². The third kappa shape index (κ3) is 1.48. The lowest BCUT2D eigenvalue weighted by atomic mass is 10.1. The van der Waals surface area contributed by atoms with Gasteiger partial charge in [0.2, 0.25) is 5.78 Å². The fourth-order valence-corrected chi connectivity index (χ4v) is 1.79. The van der Waals surface area contributed by atoms with Gasteiger partial charge in [0.15, 0.2) is 0 Å². The second kappa shape index (κ2) is 3.75. The van der Waals surface area contributed by atoms with Crippen LogP contribution in [0.2, 0.25) is 0 Å². The number of hydrogen-bond acceptors (Lipinski definition) is 4. The van der Waals surface area contributed by atoms with E-state index >= 15 is 0 Å². The summed E-state index contributed by atoms with van der Waals surface area (Å²) in [7, 11) is 0. The molecule has 2 rings (SSSR count). The molecule has 0 aliphatic carbocycles. The summed E-state index contributed by atoms with van der Waals surface area (Å²) in [5.41, 5.74) is 1.12. The van der Waals surface area contributed by atoms with Gasteiger partial charge in [-0.25, -0.2) is 0 Å². The molecular weight excluding hydrogens is 198 g/mol. The molecule has 0 radical (unpaired) electrons. The van der Waals surface area contributed by atoms with Crippen molar-refractivity contribution in [3.05, 3.63) is 40.8 Å². The van der Waals surface area contributed by atoms with E-state index in [1.807, 2.05) is 6.92 Å². The van der Waals surface area contributed by atoms with Crippen molar-refractivity contribution in [3.8, 4) is 0 Å². The van der Waals surface area contributed by atoms with Crippen molar-refractivity contribution in [3.63, 3.8) is 0 Å². The first-order chi connectivity index (χ1) is 6.83. The van der Waals surface area contributed by atoms with Crippen molar-refractivity contribution in [2.24, 2.45) is 0 Å². The maximum Gasteiger partial charge on any atom is 0.215 e. The number of furan rings is 1. The summed E-state index contributed by atoms with van der Waals surface area (Å²) in [5.74, 6) is 0.667.